The van der Waals surface area contributed by atoms with Crippen LogP contribution in [0.15, 0.2) is 36.4 Å². The minimum Gasteiger partial charge on any atom is -0.376 e. The van der Waals surface area contributed by atoms with E-state index in [1.807, 2.05) is 12.1 Å². The summed E-state index contributed by atoms with van der Waals surface area (Å²) >= 11 is 0. The molecule has 0 saturated carbocycles. The number of halogens is 2. The minimum absolute atomic E-state index is 0.0544. The Balaban J connectivity index is 2.05. The van der Waals surface area contributed by atoms with Gasteiger partial charge in [-0.25, -0.2) is 8.78 Å². The highest BCUT2D eigenvalue weighted by atomic mass is 19.1. The summed E-state index contributed by atoms with van der Waals surface area (Å²) < 4.78 is 27.5. The third-order valence-electron chi connectivity index (χ3n) is 3.42. The molecule has 0 bridgehead atoms. The van der Waals surface area contributed by atoms with Gasteiger partial charge in [-0.3, -0.25) is 0 Å². The largest absolute Gasteiger partial charge is 0.376 e. The van der Waals surface area contributed by atoms with Gasteiger partial charge in [0.05, 0.1) is 0 Å². The molecule has 0 amide bonds. The van der Waals surface area contributed by atoms with E-state index in [-0.39, 0.29) is 5.69 Å². The summed E-state index contributed by atoms with van der Waals surface area (Å²) in [5, 5.41) is 2.85. The minimum atomic E-state index is -0.561. The van der Waals surface area contributed by atoms with Crippen LogP contribution in [0.25, 0.3) is 0 Å². The van der Waals surface area contributed by atoms with Crippen LogP contribution in [-0.2, 0) is 13.0 Å². The molecule has 2 rings (SSSR count). The summed E-state index contributed by atoms with van der Waals surface area (Å²) in [5.41, 5.74) is 2.66. The lowest BCUT2D eigenvalue weighted by atomic mass is 10.0. The van der Waals surface area contributed by atoms with Gasteiger partial charge in [0.15, 0.2) is 5.82 Å². The third-order valence-corrected chi connectivity index (χ3v) is 3.42. The van der Waals surface area contributed by atoms with Crippen LogP contribution in [0.5, 0.6) is 0 Å². The second-order valence-corrected chi connectivity index (χ2v) is 5.82. The predicted octanol–water partition coefficient (Wildman–Crippen LogP) is 5.08. The van der Waals surface area contributed by atoms with Crippen molar-refractivity contribution in [3.63, 3.8) is 0 Å². The van der Waals surface area contributed by atoms with Gasteiger partial charge in [-0.05, 0) is 42.0 Å². The van der Waals surface area contributed by atoms with Crippen molar-refractivity contribution in [2.24, 2.45) is 5.92 Å². The Morgan fingerprint density at radius 3 is 2.19 bits per heavy atom. The quantitative estimate of drug-likeness (QED) is 0.809. The Labute approximate surface area is 125 Å². The molecule has 0 atom stereocenters. The van der Waals surface area contributed by atoms with Gasteiger partial charge in [-0.2, -0.15) is 0 Å². The van der Waals surface area contributed by atoms with E-state index in [0.29, 0.717) is 18.0 Å². The molecule has 0 aliphatic rings. The number of rotatable bonds is 5. The predicted molar refractivity (Wildman–Crippen MR) is 83.4 cm³/mol. The maximum Gasteiger partial charge on any atom is 0.152 e. The van der Waals surface area contributed by atoms with Crippen LogP contribution in [0.2, 0.25) is 0 Å². The van der Waals surface area contributed by atoms with Gasteiger partial charge in [0.2, 0.25) is 0 Å². The van der Waals surface area contributed by atoms with Gasteiger partial charge >= 0.3 is 0 Å². The molecule has 0 aliphatic carbocycles. The second kappa shape index (κ2) is 6.70. The van der Waals surface area contributed by atoms with Crippen LogP contribution >= 0.6 is 0 Å². The van der Waals surface area contributed by atoms with Gasteiger partial charge in [0.25, 0.3) is 0 Å². The molecule has 1 N–H and O–H groups in total. The average molecular weight is 289 g/mol. The molecule has 0 spiro atoms. The Hall–Kier alpha value is -1.90. The number of benzene rings is 2. The fraction of sp³-hybridized carbons (Fsp3) is 0.333. The molecule has 0 saturated heterocycles. The molecule has 0 unspecified atom stereocenters. The molecule has 21 heavy (non-hydrogen) atoms. The molecule has 112 valence electrons. The maximum atomic E-state index is 13.9. The van der Waals surface area contributed by atoms with Gasteiger partial charge in [-0.15, -0.1) is 0 Å². The standard InChI is InChI=1S/C18H21F2N/c1-12(2)10-14-5-7-15(8-6-14)11-21-18-16(19)9-4-13(3)17(18)20/h4-9,12,21H,10-11H2,1-3H3. The highest BCUT2D eigenvalue weighted by Gasteiger charge is 2.10. The Kier molecular flexibility index (Phi) is 4.94. The van der Waals surface area contributed by atoms with Crippen molar-refractivity contribution in [2.75, 3.05) is 5.32 Å². The van der Waals surface area contributed by atoms with Crippen LogP contribution in [0, 0.1) is 24.5 Å². The van der Waals surface area contributed by atoms with Gasteiger partial charge < -0.3 is 5.32 Å². The lowest BCUT2D eigenvalue weighted by Crippen LogP contribution is -2.05. The van der Waals surface area contributed by atoms with Crippen LogP contribution in [0.1, 0.15) is 30.5 Å². The van der Waals surface area contributed by atoms with Crippen molar-refractivity contribution in [1.29, 1.82) is 0 Å². The summed E-state index contributed by atoms with van der Waals surface area (Å²) in [6, 6.07) is 10.9. The Morgan fingerprint density at radius 2 is 1.57 bits per heavy atom. The molecule has 0 fully saturated rings. The fourth-order valence-corrected chi connectivity index (χ4v) is 2.27. The smallest absolute Gasteiger partial charge is 0.152 e. The lowest BCUT2D eigenvalue weighted by molar-refractivity contribution is 0.582. The van der Waals surface area contributed by atoms with E-state index in [1.54, 1.807) is 6.92 Å². The van der Waals surface area contributed by atoms with E-state index in [9.17, 15) is 8.78 Å². The van der Waals surface area contributed by atoms with E-state index < -0.39 is 11.6 Å². The van der Waals surface area contributed by atoms with Gasteiger partial charge in [-0.1, -0.05) is 44.2 Å². The monoisotopic (exact) mass is 289 g/mol. The summed E-state index contributed by atoms with van der Waals surface area (Å²) in [4.78, 5) is 0. The highest BCUT2D eigenvalue weighted by Crippen LogP contribution is 2.22. The zero-order valence-corrected chi connectivity index (χ0v) is 12.7. The molecule has 3 heteroatoms. The van der Waals surface area contributed by atoms with E-state index in [2.05, 4.69) is 31.3 Å². The summed E-state index contributed by atoms with van der Waals surface area (Å²) in [5.74, 6) is -0.467. The summed E-state index contributed by atoms with van der Waals surface area (Å²) in [6.45, 7) is 6.39. The summed E-state index contributed by atoms with van der Waals surface area (Å²) in [7, 11) is 0. The number of hydrogen-bond acceptors (Lipinski definition) is 1. The maximum absolute atomic E-state index is 13.9. The molecule has 2 aromatic rings. The SMILES string of the molecule is Cc1ccc(F)c(NCc2ccc(CC(C)C)cc2)c1F. The lowest BCUT2D eigenvalue weighted by Gasteiger charge is -2.11. The van der Waals surface area contributed by atoms with E-state index >= 15 is 0 Å². The van der Waals surface area contributed by atoms with Gasteiger partial charge in [0.1, 0.15) is 11.5 Å². The average Bonchev–Trinajstić information content (AvgIpc) is 2.44. The first-order chi connectivity index (χ1) is 9.97. The van der Waals surface area contributed by atoms with Crippen LogP contribution in [0.4, 0.5) is 14.5 Å². The number of hydrogen-bond donors (Lipinski definition) is 1. The van der Waals surface area contributed by atoms with Crippen molar-refractivity contribution in [2.45, 2.75) is 33.7 Å². The summed E-state index contributed by atoms with van der Waals surface area (Å²) in [6.07, 6.45) is 1.04. The molecule has 0 aromatic heterocycles. The van der Waals surface area contributed by atoms with Crippen molar-refractivity contribution < 1.29 is 8.78 Å². The van der Waals surface area contributed by atoms with Crippen LogP contribution in [0.3, 0.4) is 0 Å². The Morgan fingerprint density at radius 1 is 0.952 bits per heavy atom. The van der Waals surface area contributed by atoms with E-state index in [0.717, 1.165) is 12.0 Å². The number of anilines is 1. The number of nitrogens with one attached hydrogen (secondary N) is 1. The first-order valence-electron chi connectivity index (χ1n) is 7.23. The van der Waals surface area contributed by atoms with Crippen LogP contribution < -0.4 is 5.32 Å². The van der Waals surface area contributed by atoms with Crippen molar-refractivity contribution in [3.8, 4) is 0 Å². The van der Waals surface area contributed by atoms with E-state index in [1.165, 1.54) is 17.7 Å². The molecule has 0 heterocycles. The highest BCUT2D eigenvalue weighted by molar-refractivity contribution is 5.49. The van der Waals surface area contributed by atoms with E-state index in [4.69, 9.17) is 0 Å². The van der Waals surface area contributed by atoms with Gasteiger partial charge in [0, 0.05) is 6.54 Å². The molecular formula is C18H21F2N. The Bertz CT molecular complexity index is 603. The zero-order chi connectivity index (χ0) is 15.4. The molecular weight excluding hydrogens is 268 g/mol. The molecule has 0 aliphatic heterocycles. The second-order valence-electron chi connectivity index (χ2n) is 5.82. The van der Waals surface area contributed by atoms with Crippen molar-refractivity contribution in [3.05, 3.63) is 64.7 Å². The molecule has 1 nitrogen and oxygen atoms in total. The normalized spacial score (nSPS) is 11.0. The topological polar surface area (TPSA) is 12.0 Å². The molecule has 2 aromatic carbocycles. The van der Waals surface area contributed by atoms with Crippen LogP contribution in [-0.4, -0.2) is 0 Å². The first-order valence-corrected chi connectivity index (χ1v) is 7.23. The fourth-order valence-electron chi connectivity index (χ4n) is 2.27. The first kappa shape index (κ1) is 15.5. The third kappa shape index (κ3) is 4.03. The van der Waals surface area contributed by atoms with Crippen molar-refractivity contribution in [1.82, 2.24) is 0 Å². The van der Waals surface area contributed by atoms with Crippen molar-refractivity contribution >= 4 is 5.69 Å². The zero-order valence-electron chi connectivity index (χ0n) is 12.7. The number of aryl methyl sites for hydroxylation is 1. The molecule has 0 radical (unpaired) electrons.